The van der Waals surface area contributed by atoms with Crippen LogP contribution < -0.4 is 0 Å². The highest BCUT2D eigenvalue weighted by Crippen LogP contribution is 2.14. The normalized spacial score (nSPS) is 13.8. The lowest BCUT2D eigenvalue weighted by Crippen LogP contribution is -2.18. The van der Waals surface area contributed by atoms with E-state index < -0.39 is 6.29 Å². The molecule has 3 nitrogen and oxygen atoms in total. The molecule has 1 rings (SSSR count). The minimum atomic E-state index is -0.431. The van der Waals surface area contributed by atoms with E-state index in [1.807, 2.05) is 30.3 Å². The highest BCUT2D eigenvalue weighted by atomic mass is 16.7. The first-order valence-electron chi connectivity index (χ1n) is 9.78. The Morgan fingerprint density at radius 1 is 1.15 bits per heavy atom. The third-order valence-electron chi connectivity index (χ3n) is 4.11. The molecule has 0 aliphatic carbocycles. The van der Waals surface area contributed by atoms with Crippen LogP contribution in [-0.4, -0.2) is 18.2 Å². The van der Waals surface area contributed by atoms with Crippen LogP contribution in [0.2, 0.25) is 0 Å². The molecule has 0 radical (unpaired) electrons. The maximum Gasteiger partial charge on any atom is 0.161 e. The first-order chi connectivity index (χ1) is 12.7. The zero-order chi connectivity index (χ0) is 19.0. The van der Waals surface area contributed by atoms with Gasteiger partial charge >= 0.3 is 0 Å². The molecule has 2 atom stereocenters. The molecule has 144 valence electrons. The van der Waals surface area contributed by atoms with Gasteiger partial charge in [-0.2, -0.15) is 0 Å². The predicted octanol–water partition coefficient (Wildman–Crippen LogP) is 5.44. The largest absolute Gasteiger partial charge is 0.371 e. The van der Waals surface area contributed by atoms with Crippen LogP contribution in [0.5, 0.6) is 0 Å². The van der Waals surface area contributed by atoms with Gasteiger partial charge in [-0.3, -0.25) is 0 Å². The SMILES string of the molecule is CC/C=C(\C#CC(C)CCCC)CCC(OCO)OCc1ccccc1. The van der Waals surface area contributed by atoms with Crippen molar-refractivity contribution in [3.05, 3.63) is 47.5 Å². The average Bonchev–Trinajstić information content (AvgIpc) is 2.67. The van der Waals surface area contributed by atoms with Crippen LogP contribution in [0.15, 0.2) is 42.0 Å². The monoisotopic (exact) mass is 358 g/mol. The smallest absolute Gasteiger partial charge is 0.161 e. The fourth-order valence-electron chi connectivity index (χ4n) is 2.60. The Morgan fingerprint density at radius 3 is 2.58 bits per heavy atom. The summed E-state index contributed by atoms with van der Waals surface area (Å²) in [4.78, 5) is 0. The first kappa shape index (κ1) is 22.4. The highest BCUT2D eigenvalue weighted by Gasteiger charge is 2.10. The van der Waals surface area contributed by atoms with E-state index in [2.05, 4.69) is 38.7 Å². The van der Waals surface area contributed by atoms with Gasteiger partial charge in [0.1, 0.15) is 6.79 Å². The molecule has 0 fully saturated rings. The van der Waals surface area contributed by atoms with Crippen molar-refractivity contribution in [2.24, 2.45) is 5.92 Å². The molecule has 0 saturated carbocycles. The maximum atomic E-state index is 9.12. The molecule has 2 unspecified atom stereocenters. The van der Waals surface area contributed by atoms with E-state index >= 15 is 0 Å². The van der Waals surface area contributed by atoms with Gasteiger partial charge in [0, 0.05) is 12.3 Å². The van der Waals surface area contributed by atoms with Gasteiger partial charge in [0.25, 0.3) is 0 Å². The van der Waals surface area contributed by atoms with E-state index in [1.54, 1.807) is 0 Å². The third kappa shape index (κ3) is 10.4. The zero-order valence-corrected chi connectivity index (χ0v) is 16.5. The summed E-state index contributed by atoms with van der Waals surface area (Å²) in [7, 11) is 0. The molecular formula is C23H34O3. The molecule has 0 amide bonds. The van der Waals surface area contributed by atoms with Crippen molar-refractivity contribution < 1.29 is 14.6 Å². The minimum Gasteiger partial charge on any atom is -0.371 e. The van der Waals surface area contributed by atoms with E-state index in [1.165, 1.54) is 12.8 Å². The predicted molar refractivity (Wildman–Crippen MR) is 107 cm³/mol. The fraction of sp³-hybridized carbons (Fsp3) is 0.565. The fourth-order valence-corrected chi connectivity index (χ4v) is 2.60. The summed E-state index contributed by atoms with van der Waals surface area (Å²) in [5, 5.41) is 9.12. The number of aliphatic hydroxyl groups is 1. The van der Waals surface area contributed by atoms with E-state index in [4.69, 9.17) is 14.6 Å². The Morgan fingerprint density at radius 2 is 1.92 bits per heavy atom. The van der Waals surface area contributed by atoms with Crippen molar-refractivity contribution in [3.63, 3.8) is 0 Å². The standard InChI is InChI=1S/C23H34O3/c1-4-6-11-20(3)14-15-21(10-5-2)16-17-23(26-19-24)25-18-22-12-8-7-9-13-22/h7-10,12-13,20,23-24H,4-6,11,16-19H2,1-3H3/b21-10+. The summed E-state index contributed by atoms with van der Waals surface area (Å²) in [6.45, 7) is 6.64. The molecule has 0 spiro atoms. The van der Waals surface area contributed by atoms with Gasteiger partial charge in [-0.25, -0.2) is 0 Å². The summed E-state index contributed by atoms with van der Waals surface area (Å²) in [5.74, 6) is 7.13. The number of rotatable bonds is 12. The number of ether oxygens (including phenoxy) is 2. The summed E-state index contributed by atoms with van der Waals surface area (Å²) in [6.07, 6.45) is 7.76. The van der Waals surface area contributed by atoms with Crippen LogP contribution in [-0.2, 0) is 16.1 Å². The summed E-state index contributed by atoms with van der Waals surface area (Å²) < 4.78 is 11.1. The van der Waals surface area contributed by atoms with E-state index in [9.17, 15) is 0 Å². The molecule has 26 heavy (non-hydrogen) atoms. The first-order valence-corrected chi connectivity index (χ1v) is 9.78. The third-order valence-corrected chi connectivity index (χ3v) is 4.11. The summed E-state index contributed by atoms with van der Waals surface area (Å²) in [6, 6.07) is 9.98. The van der Waals surface area contributed by atoms with Crippen molar-refractivity contribution in [1.29, 1.82) is 0 Å². The van der Waals surface area contributed by atoms with Crippen LogP contribution >= 0.6 is 0 Å². The summed E-state index contributed by atoms with van der Waals surface area (Å²) in [5.41, 5.74) is 2.22. The minimum absolute atomic E-state index is 0.341. The number of unbranched alkanes of at least 4 members (excludes halogenated alkanes) is 1. The Bertz CT molecular complexity index is 554. The Labute approximate surface area is 159 Å². The van der Waals surface area contributed by atoms with Gasteiger partial charge in [-0.15, -0.1) is 0 Å². The molecule has 0 aliphatic rings. The number of aliphatic hydroxyl groups excluding tert-OH is 1. The Balaban J connectivity index is 2.54. The lowest BCUT2D eigenvalue weighted by atomic mass is 10.0. The Kier molecular flexibility index (Phi) is 12.6. The molecule has 0 aromatic heterocycles. The van der Waals surface area contributed by atoms with Crippen molar-refractivity contribution in [2.45, 2.75) is 72.2 Å². The average molecular weight is 359 g/mol. The van der Waals surface area contributed by atoms with Crippen LogP contribution in [0.1, 0.15) is 64.9 Å². The van der Waals surface area contributed by atoms with Gasteiger partial charge in [0.05, 0.1) is 6.61 Å². The van der Waals surface area contributed by atoms with Crippen molar-refractivity contribution >= 4 is 0 Å². The van der Waals surface area contributed by atoms with Gasteiger partial charge in [-0.05, 0) is 30.4 Å². The molecule has 0 saturated heterocycles. The van der Waals surface area contributed by atoms with Crippen molar-refractivity contribution in [3.8, 4) is 11.8 Å². The molecule has 0 aliphatic heterocycles. The lowest BCUT2D eigenvalue weighted by Gasteiger charge is -2.17. The number of hydrogen-bond acceptors (Lipinski definition) is 3. The second-order valence-corrected chi connectivity index (χ2v) is 6.51. The second-order valence-electron chi connectivity index (χ2n) is 6.51. The second kappa shape index (κ2) is 14.6. The van der Waals surface area contributed by atoms with Crippen LogP contribution in [0.3, 0.4) is 0 Å². The lowest BCUT2D eigenvalue weighted by molar-refractivity contribution is -0.189. The molecule has 1 N–H and O–H groups in total. The molecule has 3 heteroatoms. The molecule has 1 aromatic rings. The zero-order valence-electron chi connectivity index (χ0n) is 16.5. The Hall–Kier alpha value is -1.60. The van der Waals surface area contributed by atoms with Crippen LogP contribution in [0.4, 0.5) is 0 Å². The van der Waals surface area contributed by atoms with E-state index in [0.29, 0.717) is 18.9 Å². The van der Waals surface area contributed by atoms with Gasteiger partial charge in [-0.1, -0.05) is 81.9 Å². The van der Waals surface area contributed by atoms with E-state index in [-0.39, 0.29) is 6.79 Å². The number of benzene rings is 1. The summed E-state index contributed by atoms with van der Waals surface area (Å²) >= 11 is 0. The molecule has 1 aromatic carbocycles. The van der Waals surface area contributed by atoms with Crippen LogP contribution in [0.25, 0.3) is 0 Å². The van der Waals surface area contributed by atoms with Crippen LogP contribution in [0, 0.1) is 17.8 Å². The van der Waals surface area contributed by atoms with Gasteiger partial charge < -0.3 is 14.6 Å². The van der Waals surface area contributed by atoms with Crippen molar-refractivity contribution in [2.75, 3.05) is 6.79 Å². The molecular weight excluding hydrogens is 324 g/mol. The van der Waals surface area contributed by atoms with Crippen molar-refractivity contribution in [1.82, 2.24) is 0 Å². The van der Waals surface area contributed by atoms with E-state index in [0.717, 1.165) is 30.4 Å². The van der Waals surface area contributed by atoms with Gasteiger partial charge in [0.2, 0.25) is 0 Å². The van der Waals surface area contributed by atoms with Gasteiger partial charge in [0.15, 0.2) is 6.29 Å². The molecule has 0 bridgehead atoms. The highest BCUT2D eigenvalue weighted by molar-refractivity contribution is 5.29. The molecule has 0 heterocycles. The maximum absolute atomic E-state index is 9.12. The number of allylic oxidation sites excluding steroid dienone is 2. The quantitative estimate of drug-likeness (QED) is 0.399. The topological polar surface area (TPSA) is 38.7 Å². The number of hydrogen-bond donors (Lipinski definition) is 1.